The molecule has 3 N–H and O–H groups in total. The van der Waals surface area contributed by atoms with Crippen LogP contribution in [-0.4, -0.2) is 11.3 Å². The lowest BCUT2D eigenvalue weighted by molar-refractivity contribution is -0.0366. The molecule has 0 fully saturated rings. The highest BCUT2D eigenvalue weighted by Gasteiger charge is 2.26. The fourth-order valence-electron chi connectivity index (χ4n) is 2.37. The highest BCUT2D eigenvalue weighted by molar-refractivity contribution is 5.22. The van der Waals surface area contributed by atoms with Gasteiger partial charge < -0.3 is 15.6 Å². The summed E-state index contributed by atoms with van der Waals surface area (Å²) in [5, 5.41) is 10.5. The predicted molar refractivity (Wildman–Crippen MR) is 84.6 cm³/mol. The monoisotopic (exact) mass is 285 g/mol. The molecule has 0 saturated carbocycles. The summed E-state index contributed by atoms with van der Waals surface area (Å²) in [5.41, 5.74) is 8.14. The Balaban J connectivity index is 1.91. The average Bonchev–Trinajstić information content (AvgIpc) is 2.46. The van der Waals surface area contributed by atoms with Gasteiger partial charge in [0.1, 0.15) is 6.23 Å². The number of aryl methyl sites for hydroxylation is 1. The van der Waals surface area contributed by atoms with Gasteiger partial charge in [-0.3, -0.25) is 0 Å². The third-order valence-corrected chi connectivity index (χ3v) is 3.54. The number of hydrogen-bond donors (Lipinski definition) is 2. The van der Waals surface area contributed by atoms with Gasteiger partial charge in [-0.1, -0.05) is 60.2 Å². The van der Waals surface area contributed by atoms with Crippen LogP contribution >= 0.6 is 0 Å². The van der Waals surface area contributed by atoms with Gasteiger partial charge >= 0.3 is 0 Å². The van der Waals surface area contributed by atoms with Gasteiger partial charge in [0, 0.05) is 6.42 Å². The normalized spacial score (nSPS) is 15.4. The summed E-state index contributed by atoms with van der Waals surface area (Å²) in [4.78, 5) is 0. The summed E-state index contributed by atoms with van der Waals surface area (Å²) in [5.74, 6) is 0. The second-order valence-electron chi connectivity index (χ2n) is 5.68. The first kappa shape index (κ1) is 15.7. The highest BCUT2D eigenvalue weighted by Crippen LogP contribution is 2.25. The fraction of sp³-hybridized carbons (Fsp3) is 0.333. The van der Waals surface area contributed by atoms with E-state index in [0.717, 1.165) is 11.1 Å². The molecule has 2 atom stereocenters. The van der Waals surface area contributed by atoms with Crippen molar-refractivity contribution >= 4 is 0 Å². The molecule has 0 heterocycles. The van der Waals surface area contributed by atoms with Gasteiger partial charge in [0.05, 0.1) is 12.2 Å². The van der Waals surface area contributed by atoms with E-state index in [4.69, 9.17) is 10.5 Å². The van der Waals surface area contributed by atoms with Crippen LogP contribution in [0.5, 0.6) is 0 Å². The standard InChI is InChI=1S/C18H23NO2/c1-14-7-6-8-15(11-14)13-21-17(19)12-18(2,20)16-9-4-3-5-10-16/h3-11,17,20H,12-13,19H2,1-2H3. The van der Waals surface area contributed by atoms with Gasteiger partial charge in [0.25, 0.3) is 0 Å². The molecule has 2 aromatic rings. The molecule has 3 heteroatoms. The Labute approximate surface area is 126 Å². The van der Waals surface area contributed by atoms with Gasteiger partial charge in [-0.2, -0.15) is 0 Å². The maximum Gasteiger partial charge on any atom is 0.109 e. The summed E-state index contributed by atoms with van der Waals surface area (Å²) in [6, 6.07) is 17.7. The molecule has 112 valence electrons. The molecular formula is C18H23NO2. The van der Waals surface area contributed by atoms with Crippen molar-refractivity contribution in [3.8, 4) is 0 Å². The molecule has 0 spiro atoms. The van der Waals surface area contributed by atoms with Crippen molar-refractivity contribution in [1.29, 1.82) is 0 Å². The maximum absolute atomic E-state index is 10.5. The van der Waals surface area contributed by atoms with Crippen molar-refractivity contribution in [3.63, 3.8) is 0 Å². The fourth-order valence-corrected chi connectivity index (χ4v) is 2.37. The lowest BCUT2D eigenvalue weighted by Gasteiger charge is -2.27. The number of nitrogens with two attached hydrogens (primary N) is 1. The largest absolute Gasteiger partial charge is 0.385 e. The lowest BCUT2D eigenvalue weighted by atomic mass is 9.92. The second-order valence-corrected chi connectivity index (χ2v) is 5.68. The average molecular weight is 285 g/mol. The van der Waals surface area contributed by atoms with E-state index in [1.54, 1.807) is 6.92 Å². The molecule has 21 heavy (non-hydrogen) atoms. The zero-order valence-electron chi connectivity index (χ0n) is 12.6. The number of hydrogen-bond acceptors (Lipinski definition) is 3. The van der Waals surface area contributed by atoms with Crippen LogP contribution in [0.1, 0.15) is 30.0 Å². The second kappa shape index (κ2) is 6.85. The van der Waals surface area contributed by atoms with E-state index in [1.807, 2.05) is 55.5 Å². The van der Waals surface area contributed by atoms with Crippen molar-refractivity contribution in [2.45, 2.75) is 38.7 Å². The minimum absolute atomic E-state index is 0.350. The van der Waals surface area contributed by atoms with Crippen LogP contribution in [0.4, 0.5) is 0 Å². The zero-order chi connectivity index (χ0) is 15.3. The van der Waals surface area contributed by atoms with Crippen LogP contribution in [0.25, 0.3) is 0 Å². The first-order valence-electron chi connectivity index (χ1n) is 7.18. The number of rotatable bonds is 6. The lowest BCUT2D eigenvalue weighted by Crippen LogP contribution is -2.34. The summed E-state index contributed by atoms with van der Waals surface area (Å²) < 4.78 is 5.66. The smallest absolute Gasteiger partial charge is 0.109 e. The Bertz CT molecular complexity index is 566. The predicted octanol–water partition coefficient (Wildman–Crippen LogP) is 3.09. The SMILES string of the molecule is Cc1cccc(COC(N)CC(C)(O)c2ccccc2)c1. The van der Waals surface area contributed by atoms with E-state index in [9.17, 15) is 5.11 Å². The number of ether oxygens (including phenoxy) is 1. The van der Waals surface area contributed by atoms with Crippen LogP contribution in [0.15, 0.2) is 54.6 Å². The van der Waals surface area contributed by atoms with Gasteiger partial charge in [0.2, 0.25) is 0 Å². The molecular weight excluding hydrogens is 262 g/mol. The maximum atomic E-state index is 10.5. The van der Waals surface area contributed by atoms with E-state index in [1.165, 1.54) is 5.56 Å². The summed E-state index contributed by atoms with van der Waals surface area (Å²) in [6.07, 6.45) is -0.163. The molecule has 0 aromatic heterocycles. The number of benzene rings is 2. The molecule has 0 saturated heterocycles. The molecule has 2 unspecified atom stereocenters. The molecule has 0 aliphatic rings. The van der Waals surface area contributed by atoms with Crippen LogP contribution in [0, 0.1) is 6.92 Å². The van der Waals surface area contributed by atoms with Gasteiger partial charge in [-0.25, -0.2) is 0 Å². The van der Waals surface area contributed by atoms with E-state index in [0.29, 0.717) is 13.0 Å². The first-order valence-corrected chi connectivity index (χ1v) is 7.18. The van der Waals surface area contributed by atoms with Crippen LogP contribution in [-0.2, 0) is 16.9 Å². The third kappa shape index (κ3) is 4.67. The van der Waals surface area contributed by atoms with Crippen molar-refractivity contribution in [2.24, 2.45) is 5.73 Å². The molecule has 0 amide bonds. The summed E-state index contributed by atoms with van der Waals surface area (Å²) in [6.45, 7) is 4.26. The topological polar surface area (TPSA) is 55.5 Å². The Morgan fingerprint density at radius 3 is 2.52 bits per heavy atom. The van der Waals surface area contributed by atoms with E-state index in [-0.39, 0.29) is 0 Å². The molecule has 0 aliphatic heterocycles. The first-order chi connectivity index (χ1) is 9.97. The minimum atomic E-state index is -0.993. The highest BCUT2D eigenvalue weighted by atomic mass is 16.5. The summed E-state index contributed by atoms with van der Waals surface area (Å²) in [7, 11) is 0. The van der Waals surface area contributed by atoms with E-state index < -0.39 is 11.8 Å². The molecule has 0 aliphatic carbocycles. The Morgan fingerprint density at radius 1 is 1.14 bits per heavy atom. The molecule has 0 bridgehead atoms. The van der Waals surface area contributed by atoms with Gasteiger partial charge in [0.15, 0.2) is 0 Å². The number of aliphatic hydroxyl groups is 1. The zero-order valence-corrected chi connectivity index (χ0v) is 12.6. The van der Waals surface area contributed by atoms with Gasteiger partial charge in [-0.05, 0) is 25.0 Å². The molecule has 2 aromatic carbocycles. The minimum Gasteiger partial charge on any atom is -0.385 e. The molecule has 2 rings (SSSR count). The van der Waals surface area contributed by atoms with Crippen LogP contribution < -0.4 is 5.73 Å². The van der Waals surface area contributed by atoms with Crippen molar-refractivity contribution < 1.29 is 9.84 Å². The van der Waals surface area contributed by atoms with E-state index >= 15 is 0 Å². The Morgan fingerprint density at radius 2 is 1.86 bits per heavy atom. The third-order valence-electron chi connectivity index (χ3n) is 3.54. The van der Waals surface area contributed by atoms with Gasteiger partial charge in [-0.15, -0.1) is 0 Å². The Kier molecular flexibility index (Phi) is 5.12. The Hall–Kier alpha value is -1.68. The molecule has 0 radical (unpaired) electrons. The van der Waals surface area contributed by atoms with E-state index in [2.05, 4.69) is 6.07 Å². The quantitative estimate of drug-likeness (QED) is 0.802. The van der Waals surface area contributed by atoms with Crippen molar-refractivity contribution in [3.05, 3.63) is 71.3 Å². The molecule has 3 nitrogen and oxygen atoms in total. The van der Waals surface area contributed by atoms with Crippen LogP contribution in [0.2, 0.25) is 0 Å². The van der Waals surface area contributed by atoms with Crippen molar-refractivity contribution in [1.82, 2.24) is 0 Å². The summed E-state index contributed by atoms with van der Waals surface area (Å²) >= 11 is 0. The van der Waals surface area contributed by atoms with Crippen LogP contribution in [0.3, 0.4) is 0 Å². The van der Waals surface area contributed by atoms with Crippen molar-refractivity contribution in [2.75, 3.05) is 0 Å².